The Bertz CT molecular complexity index is 575. The third-order valence-electron chi connectivity index (χ3n) is 4.02. The van der Waals surface area contributed by atoms with Crippen LogP contribution in [0.4, 0.5) is 0 Å². The van der Waals surface area contributed by atoms with Gasteiger partial charge in [0.25, 0.3) is 0 Å². The molecule has 2 rings (SSSR count). The van der Waals surface area contributed by atoms with Crippen LogP contribution in [-0.4, -0.2) is 59.1 Å². The fourth-order valence-corrected chi connectivity index (χ4v) is 2.91. The van der Waals surface area contributed by atoms with Crippen molar-refractivity contribution in [3.05, 3.63) is 29.8 Å². The molecule has 1 aliphatic heterocycles. The number of carbonyl (C=O) groups excluding carboxylic acids is 2. The van der Waals surface area contributed by atoms with E-state index in [-0.39, 0.29) is 24.8 Å². The molecule has 2 amide bonds. The van der Waals surface area contributed by atoms with Crippen LogP contribution in [0.15, 0.2) is 24.3 Å². The number of aliphatic hydroxyl groups excluding tert-OH is 1. The Labute approximate surface area is 136 Å². The fraction of sp³-hybridized carbons (Fsp3) is 0.529. The topological polar surface area (TPSA) is 70.1 Å². The molecule has 0 bridgehead atoms. The largest absolute Gasteiger partial charge is 0.494 e. The molecule has 1 fully saturated rings. The van der Waals surface area contributed by atoms with Gasteiger partial charge in [0.1, 0.15) is 11.8 Å². The summed E-state index contributed by atoms with van der Waals surface area (Å²) < 4.78 is 5.58. The number of β-amino-alcohol motifs (C(OH)–C–C–N with tert-alkyl or cyclic N) is 1. The van der Waals surface area contributed by atoms with Crippen LogP contribution in [0, 0.1) is 0 Å². The zero-order valence-electron chi connectivity index (χ0n) is 13.9. The number of likely N-dealkylation sites (N-methyl/N-ethyl adjacent to an activating group) is 1. The lowest BCUT2D eigenvalue weighted by atomic mass is 10.1. The second kappa shape index (κ2) is 7.46. The van der Waals surface area contributed by atoms with Crippen LogP contribution in [0.5, 0.6) is 5.75 Å². The van der Waals surface area contributed by atoms with Gasteiger partial charge in [-0.2, -0.15) is 0 Å². The molecule has 0 aromatic heterocycles. The van der Waals surface area contributed by atoms with Gasteiger partial charge >= 0.3 is 0 Å². The third-order valence-corrected chi connectivity index (χ3v) is 4.02. The van der Waals surface area contributed by atoms with E-state index in [9.17, 15) is 14.7 Å². The van der Waals surface area contributed by atoms with E-state index in [2.05, 4.69) is 0 Å². The van der Waals surface area contributed by atoms with Crippen molar-refractivity contribution in [2.45, 2.75) is 39.0 Å². The summed E-state index contributed by atoms with van der Waals surface area (Å²) in [6, 6.07) is 6.99. The maximum absolute atomic E-state index is 12.7. The van der Waals surface area contributed by atoms with Crippen molar-refractivity contribution >= 4 is 11.8 Å². The minimum atomic E-state index is -0.642. The summed E-state index contributed by atoms with van der Waals surface area (Å²) >= 11 is 0. The molecule has 0 unspecified atom stereocenters. The van der Waals surface area contributed by atoms with Crippen molar-refractivity contribution in [2.24, 2.45) is 0 Å². The van der Waals surface area contributed by atoms with Crippen molar-refractivity contribution in [3.63, 3.8) is 0 Å². The lowest BCUT2D eigenvalue weighted by Crippen LogP contribution is -2.45. The van der Waals surface area contributed by atoms with E-state index in [1.807, 2.05) is 31.2 Å². The summed E-state index contributed by atoms with van der Waals surface area (Å²) in [6.45, 7) is 4.50. The summed E-state index contributed by atoms with van der Waals surface area (Å²) in [5, 5.41) is 9.77. The molecule has 1 saturated heterocycles. The number of rotatable bonds is 5. The highest BCUT2D eigenvalue weighted by Gasteiger charge is 2.38. The molecule has 1 N–H and O–H groups in total. The Morgan fingerprint density at radius 2 is 2.09 bits per heavy atom. The van der Waals surface area contributed by atoms with E-state index in [1.54, 1.807) is 11.9 Å². The number of hydrogen-bond acceptors (Lipinski definition) is 4. The first-order valence-corrected chi connectivity index (χ1v) is 7.85. The molecule has 6 heteroatoms. The van der Waals surface area contributed by atoms with Crippen LogP contribution in [0.3, 0.4) is 0 Å². The zero-order chi connectivity index (χ0) is 17.0. The molecule has 0 saturated carbocycles. The van der Waals surface area contributed by atoms with Crippen molar-refractivity contribution in [2.75, 3.05) is 20.2 Å². The fourth-order valence-electron chi connectivity index (χ4n) is 2.91. The van der Waals surface area contributed by atoms with E-state index < -0.39 is 12.1 Å². The maximum atomic E-state index is 12.7. The molecule has 6 nitrogen and oxygen atoms in total. The van der Waals surface area contributed by atoms with Crippen molar-refractivity contribution in [1.82, 2.24) is 9.80 Å². The van der Waals surface area contributed by atoms with Gasteiger partial charge < -0.3 is 19.6 Å². The molecule has 0 aliphatic carbocycles. The van der Waals surface area contributed by atoms with Gasteiger partial charge in [0.05, 0.1) is 12.7 Å². The highest BCUT2D eigenvalue weighted by molar-refractivity contribution is 5.87. The summed E-state index contributed by atoms with van der Waals surface area (Å²) in [6.07, 6.45) is -0.354. The highest BCUT2D eigenvalue weighted by Crippen LogP contribution is 2.23. The van der Waals surface area contributed by atoms with Gasteiger partial charge in [0.2, 0.25) is 11.8 Å². The van der Waals surface area contributed by atoms with E-state index in [0.29, 0.717) is 13.2 Å². The van der Waals surface area contributed by atoms with Crippen LogP contribution < -0.4 is 4.74 Å². The van der Waals surface area contributed by atoms with Gasteiger partial charge in [-0.05, 0) is 13.0 Å². The Hall–Kier alpha value is -2.08. The molecule has 1 heterocycles. The summed E-state index contributed by atoms with van der Waals surface area (Å²) in [5.41, 5.74) is 0.915. The Balaban J connectivity index is 2.10. The van der Waals surface area contributed by atoms with Crippen LogP contribution >= 0.6 is 0 Å². The molecule has 0 radical (unpaired) electrons. The molecule has 1 aromatic carbocycles. The summed E-state index contributed by atoms with van der Waals surface area (Å²) in [5.74, 6) is 0.399. The van der Waals surface area contributed by atoms with E-state index in [4.69, 9.17) is 4.74 Å². The van der Waals surface area contributed by atoms with Crippen LogP contribution in [-0.2, 0) is 16.1 Å². The molecule has 126 valence electrons. The lowest BCUT2D eigenvalue weighted by molar-refractivity contribution is -0.142. The maximum Gasteiger partial charge on any atom is 0.245 e. The van der Waals surface area contributed by atoms with Gasteiger partial charge in [0, 0.05) is 39.0 Å². The first-order valence-electron chi connectivity index (χ1n) is 7.85. The van der Waals surface area contributed by atoms with Gasteiger partial charge in [-0.3, -0.25) is 9.59 Å². The number of para-hydroxylation sites is 1. The van der Waals surface area contributed by atoms with Crippen LogP contribution in [0.2, 0.25) is 0 Å². The minimum absolute atomic E-state index is 0.164. The average molecular weight is 320 g/mol. The first kappa shape index (κ1) is 17.3. The average Bonchev–Trinajstić information content (AvgIpc) is 2.91. The molecule has 2 atom stereocenters. The zero-order valence-corrected chi connectivity index (χ0v) is 13.9. The first-order chi connectivity index (χ1) is 10.9. The normalized spacial score (nSPS) is 20.4. The van der Waals surface area contributed by atoms with Crippen molar-refractivity contribution < 1.29 is 19.4 Å². The standard InChI is InChI=1S/C17H24N2O4/c1-4-23-16-8-6-5-7-13(16)10-18(3)17(22)15-9-14(21)11-19(15)12(2)20/h5-8,14-15,21H,4,9-11H2,1-3H3/t14-,15+/m1/s1. The molecular weight excluding hydrogens is 296 g/mol. The van der Waals surface area contributed by atoms with E-state index in [0.717, 1.165) is 11.3 Å². The number of hydrogen-bond donors (Lipinski definition) is 1. The second-order valence-corrected chi connectivity index (χ2v) is 5.81. The molecule has 1 aliphatic rings. The summed E-state index contributed by atoms with van der Waals surface area (Å²) in [7, 11) is 1.70. The molecular formula is C17H24N2O4. The van der Waals surface area contributed by atoms with Gasteiger partial charge in [0.15, 0.2) is 0 Å². The quantitative estimate of drug-likeness (QED) is 0.879. The molecule has 23 heavy (non-hydrogen) atoms. The lowest BCUT2D eigenvalue weighted by Gasteiger charge is -2.27. The van der Waals surface area contributed by atoms with Crippen LogP contribution in [0.25, 0.3) is 0 Å². The molecule has 1 aromatic rings. The number of amides is 2. The van der Waals surface area contributed by atoms with Gasteiger partial charge in [-0.25, -0.2) is 0 Å². The van der Waals surface area contributed by atoms with E-state index >= 15 is 0 Å². The Kier molecular flexibility index (Phi) is 5.60. The number of nitrogens with zero attached hydrogens (tertiary/aromatic N) is 2. The Morgan fingerprint density at radius 3 is 2.74 bits per heavy atom. The number of benzene rings is 1. The highest BCUT2D eigenvalue weighted by atomic mass is 16.5. The van der Waals surface area contributed by atoms with Crippen LogP contribution in [0.1, 0.15) is 25.8 Å². The number of carbonyl (C=O) groups is 2. The third kappa shape index (κ3) is 4.01. The monoisotopic (exact) mass is 320 g/mol. The number of ether oxygens (including phenoxy) is 1. The smallest absolute Gasteiger partial charge is 0.245 e. The van der Waals surface area contributed by atoms with Crippen molar-refractivity contribution in [3.8, 4) is 5.75 Å². The molecule has 0 spiro atoms. The number of aliphatic hydroxyl groups is 1. The van der Waals surface area contributed by atoms with Gasteiger partial charge in [-0.1, -0.05) is 18.2 Å². The predicted octanol–water partition coefficient (Wildman–Crippen LogP) is 1.03. The number of likely N-dealkylation sites (tertiary alicyclic amines) is 1. The second-order valence-electron chi connectivity index (χ2n) is 5.81. The summed E-state index contributed by atoms with van der Waals surface area (Å²) in [4.78, 5) is 27.3. The minimum Gasteiger partial charge on any atom is -0.494 e. The Morgan fingerprint density at radius 1 is 1.39 bits per heavy atom. The predicted molar refractivity (Wildman–Crippen MR) is 85.9 cm³/mol. The van der Waals surface area contributed by atoms with E-state index in [1.165, 1.54) is 11.8 Å². The van der Waals surface area contributed by atoms with Gasteiger partial charge in [-0.15, -0.1) is 0 Å². The SMILES string of the molecule is CCOc1ccccc1CN(C)C(=O)[C@@H]1C[C@@H](O)CN1C(C)=O. The van der Waals surface area contributed by atoms with Crippen molar-refractivity contribution in [1.29, 1.82) is 0 Å².